The molecule has 2 aliphatic heterocycles. The third kappa shape index (κ3) is 2.70. The van der Waals surface area contributed by atoms with E-state index in [1.807, 2.05) is 12.1 Å². The van der Waals surface area contributed by atoms with Crippen LogP contribution in [0.4, 0.5) is 0 Å². The molecule has 0 spiro atoms. The molecule has 1 aromatic rings. The SMILES string of the molecule is CC1(C)CCCN(C2COc3ccccc3C2N)CC1. The first kappa shape index (κ1) is 13.9. The lowest BCUT2D eigenvalue weighted by Crippen LogP contribution is -2.49. The molecule has 0 aromatic heterocycles. The second kappa shape index (κ2) is 5.38. The van der Waals surface area contributed by atoms with Crippen LogP contribution in [0.25, 0.3) is 0 Å². The summed E-state index contributed by atoms with van der Waals surface area (Å²) >= 11 is 0. The molecule has 110 valence electrons. The summed E-state index contributed by atoms with van der Waals surface area (Å²) in [5, 5.41) is 0. The van der Waals surface area contributed by atoms with E-state index in [0.29, 0.717) is 11.5 Å². The third-order valence-electron chi connectivity index (χ3n) is 4.95. The van der Waals surface area contributed by atoms with E-state index in [9.17, 15) is 0 Å². The Hall–Kier alpha value is -1.06. The van der Waals surface area contributed by atoms with Crippen molar-refractivity contribution < 1.29 is 4.74 Å². The van der Waals surface area contributed by atoms with Crippen molar-refractivity contribution in [3.8, 4) is 5.75 Å². The van der Waals surface area contributed by atoms with Crippen LogP contribution in [0.1, 0.15) is 44.7 Å². The van der Waals surface area contributed by atoms with Gasteiger partial charge in [0, 0.05) is 5.56 Å². The summed E-state index contributed by atoms with van der Waals surface area (Å²) in [6.45, 7) is 7.76. The van der Waals surface area contributed by atoms with E-state index in [1.54, 1.807) is 0 Å². The fourth-order valence-corrected chi connectivity index (χ4v) is 3.48. The molecule has 0 radical (unpaired) electrons. The second-order valence-electron chi connectivity index (χ2n) is 7.00. The summed E-state index contributed by atoms with van der Waals surface area (Å²) < 4.78 is 5.93. The molecule has 3 rings (SSSR count). The molecule has 3 nitrogen and oxygen atoms in total. The van der Waals surface area contributed by atoms with E-state index in [4.69, 9.17) is 10.5 Å². The van der Waals surface area contributed by atoms with Crippen LogP contribution in [-0.4, -0.2) is 30.6 Å². The summed E-state index contributed by atoms with van der Waals surface area (Å²) in [5.41, 5.74) is 8.14. The molecule has 2 aliphatic rings. The van der Waals surface area contributed by atoms with Crippen molar-refractivity contribution in [2.45, 2.75) is 45.2 Å². The highest BCUT2D eigenvalue weighted by Gasteiger charge is 2.34. The number of para-hydroxylation sites is 1. The maximum Gasteiger partial charge on any atom is 0.124 e. The Morgan fingerprint density at radius 1 is 1.20 bits per heavy atom. The molecule has 0 bridgehead atoms. The molecule has 3 heteroatoms. The minimum Gasteiger partial charge on any atom is -0.492 e. The number of nitrogens with zero attached hydrogens (tertiary/aromatic N) is 1. The lowest BCUT2D eigenvalue weighted by molar-refractivity contribution is 0.0978. The Bertz CT molecular complexity index is 472. The Morgan fingerprint density at radius 2 is 2.00 bits per heavy atom. The zero-order chi connectivity index (χ0) is 14.2. The molecule has 2 N–H and O–H groups in total. The highest BCUT2D eigenvalue weighted by molar-refractivity contribution is 5.38. The van der Waals surface area contributed by atoms with Gasteiger partial charge in [-0.25, -0.2) is 0 Å². The molecular formula is C17H26N2O. The van der Waals surface area contributed by atoms with Crippen molar-refractivity contribution in [3.63, 3.8) is 0 Å². The van der Waals surface area contributed by atoms with Crippen LogP contribution >= 0.6 is 0 Å². The number of hydrogen-bond acceptors (Lipinski definition) is 3. The number of likely N-dealkylation sites (tertiary alicyclic amines) is 1. The Kier molecular flexibility index (Phi) is 3.74. The molecule has 0 amide bonds. The molecule has 0 aliphatic carbocycles. The van der Waals surface area contributed by atoms with Gasteiger partial charge >= 0.3 is 0 Å². The second-order valence-corrected chi connectivity index (χ2v) is 7.00. The number of benzene rings is 1. The normalized spacial score (nSPS) is 30.1. The van der Waals surface area contributed by atoms with Gasteiger partial charge in [-0.2, -0.15) is 0 Å². The van der Waals surface area contributed by atoms with Gasteiger partial charge in [-0.05, 0) is 43.8 Å². The van der Waals surface area contributed by atoms with Gasteiger partial charge in [0.05, 0.1) is 12.1 Å². The molecule has 2 atom stereocenters. The Balaban J connectivity index is 1.75. The van der Waals surface area contributed by atoms with E-state index >= 15 is 0 Å². The first-order valence-corrected chi connectivity index (χ1v) is 7.78. The maximum atomic E-state index is 6.52. The van der Waals surface area contributed by atoms with Gasteiger partial charge in [0.2, 0.25) is 0 Å². The molecule has 1 fully saturated rings. The highest BCUT2D eigenvalue weighted by atomic mass is 16.5. The number of rotatable bonds is 1. The summed E-state index contributed by atoms with van der Waals surface area (Å²) in [6.07, 6.45) is 3.82. The minimum absolute atomic E-state index is 0.0705. The smallest absolute Gasteiger partial charge is 0.124 e. The summed E-state index contributed by atoms with van der Waals surface area (Å²) in [7, 11) is 0. The standard InChI is InChI=1S/C17H26N2O/c1-17(2)8-5-10-19(11-9-17)14-12-20-15-7-4-3-6-13(15)16(14)18/h3-4,6-7,14,16H,5,8-12,18H2,1-2H3. The maximum absolute atomic E-state index is 6.52. The molecular weight excluding hydrogens is 248 g/mol. The molecule has 20 heavy (non-hydrogen) atoms. The summed E-state index contributed by atoms with van der Waals surface area (Å²) in [4.78, 5) is 2.55. The van der Waals surface area contributed by atoms with Crippen molar-refractivity contribution in [1.29, 1.82) is 0 Å². The first-order chi connectivity index (χ1) is 9.57. The van der Waals surface area contributed by atoms with Gasteiger partial charge in [-0.1, -0.05) is 32.0 Å². The monoisotopic (exact) mass is 274 g/mol. The topological polar surface area (TPSA) is 38.5 Å². The van der Waals surface area contributed by atoms with Crippen LogP contribution < -0.4 is 10.5 Å². The number of ether oxygens (including phenoxy) is 1. The predicted octanol–water partition coefficient (Wildman–Crippen LogP) is 2.96. The van der Waals surface area contributed by atoms with Gasteiger partial charge < -0.3 is 10.5 Å². The Morgan fingerprint density at radius 3 is 2.85 bits per heavy atom. The van der Waals surface area contributed by atoms with E-state index in [-0.39, 0.29) is 6.04 Å². The van der Waals surface area contributed by atoms with E-state index in [1.165, 1.54) is 19.3 Å². The molecule has 0 saturated carbocycles. The van der Waals surface area contributed by atoms with E-state index in [0.717, 1.165) is 31.0 Å². The van der Waals surface area contributed by atoms with Crippen LogP contribution in [0, 0.1) is 5.41 Å². The third-order valence-corrected chi connectivity index (χ3v) is 4.95. The zero-order valence-electron chi connectivity index (χ0n) is 12.6. The van der Waals surface area contributed by atoms with Crippen LogP contribution in [-0.2, 0) is 0 Å². The van der Waals surface area contributed by atoms with E-state index in [2.05, 4.69) is 30.9 Å². The average molecular weight is 274 g/mol. The highest BCUT2D eigenvalue weighted by Crippen LogP contribution is 2.35. The van der Waals surface area contributed by atoms with Gasteiger partial charge in [0.25, 0.3) is 0 Å². The van der Waals surface area contributed by atoms with Crippen LogP contribution in [0.3, 0.4) is 0 Å². The van der Waals surface area contributed by atoms with Crippen LogP contribution in [0.15, 0.2) is 24.3 Å². The quantitative estimate of drug-likeness (QED) is 0.855. The van der Waals surface area contributed by atoms with Crippen molar-refractivity contribution in [1.82, 2.24) is 4.90 Å². The number of hydrogen-bond donors (Lipinski definition) is 1. The Labute approximate surface area is 122 Å². The van der Waals surface area contributed by atoms with Crippen molar-refractivity contribution in [3.05, 3.63) is 29.8 Å². The molecule has 1 saturated heterocycles. The van der Waals surface area contributed by atoms with Gasteiger partial charge in [-0.15, -0.1) is 0 Å². The van der Waals surface area contributed by atoms with E-state index < -0.39 is 0 Å². The average Bonchev–Trinajstić information content (AvgIpc) is 2.61. The van der Waals surface area contributed by atoms with Crippen LogP contribution in [0.5, 0.6) is 5.75 Å². The molecule has 2 heterocycles. The minimum atomic E-state index is 0.0705. The van der Waals surface area contributed by atoms with Gasteiger partial charge in [0.1, 0.15) is 12.4 Å². The lowest BCUT2D eigenvalue weighted by Gasteiger charge is -2.38. The fraction of sp³-hybridized carbons (Fsp3) is 0.647. The van der Waals surface area contributed by atoms with Crippen LogP contribution in [0.2, 0.25) is 0 Å². The molecule has 1 aromatic carbocycles. The molecule has 2 unspecified atom stereocenters. The lowest BCUT2D eigenvalue weighted by atomic mass is 9.85. The number of nitrogens with two attached hydrogens (primary N) is 1. The summed E-state index contributed by atoms with van der Waals surface area (Å²) in [5.74, 6) is 0.964. The largest absolute Gasteiger partial charge is 0.492 e. The fourth-order valence-electron chi connectivity index (χ4n) is 3.48. The van der Waals surface area contributed by atoms with Crippen molar-refractivity contribution in [2.75, 3.05) is 19.7 Å². The van der Waals surface area contributed by atoms with Crippen molar-refractivity contribution >= 4 is 0 Å². The van der Waals surface area contributed by atoms with Gasteiger partial charge in [0.15, 0.2) is 0 Å². The zero-order valence-corrected chi connectivity index (χ0v) is 12.6. The predicted molar refractivity (Wildman–Crippen MR) is 81.9 cm³/mol. The summed E-state index contributed by atoms with van der Waals surface area (Å²) in [6, 6.07) is 8.58. The number of fused-ring (bicyclic) bond motifs is 1. The first-order valence-electron chi connectivity index (χ1n) is 7.78. The van der Waals surface area contributed by atoms with Crippen molar-refractivity contribution in [2.24, 2.45) is 11.1 Å². The van der Waals surface area contributed by atoms with Gasteiger partial charge in [-0.3, -0.25) is 4.90 Å².